The Balaban J connectivity index is 0. The SMILES string of the molecule is C=CS(=O)(=O)O.[CaH2]. The van der Waals surface area contributed by atoms with Gasteiger partial charge >= 0.3 is 37.7 Å². The predicted molar refractivity (Wildman–Crippen MR) is 30.3 cm³/mol. The van der Waals surface area contributed by atoms with E-state index in [1.54, 1.807) is 0 Å². The van der Waals surface area contributed by atoms with Crippen LogP contribution in [0.15, 0.2) is 12.0 Å². The standard InChI is InChI=1S/C2H4O3S.Ca.2H/c1-2-6(3,4)5;;;/h2H,1H2,(H,3,4,5);;;. The Kier molecular flexibility index (Phi) is 5.96. The van der Waals surface area contributed by atoms with Gasteiger partial charge in [-0.05, 0) is 0 Å². The molecule has 3 nitrogen and oxygen atoms in total. The van der Waals surface area contributed by atoms with Crippen molar-refractivity contribution < 1.29 is 13.0 Å². The summed E-state index contributed by atoms with van der Waals surface area (Å²) >= 11 is 0. The van der Waals surface area contributed by atoms with E-state index in [1.807, 2.05) is 0 Å². The summed E-state index contributed by atoms with van der Waals surface area (Å²) < 4.78 is 26.6. The second kappa shape index (κ2) is 3.86. The van der Waals surface area contributed by atoms with Crippen molar-refractivity contribution in [2.75, 3.05) is 0 Å². The van der Waals surface area contributed by atoms with E-state index < -0.39 is 10.1 Å². The molecule has 0 amide bonds. The van der Waals surface area contributed by atoms with Crippen molar-refractivity contribution in [3.63, 3.8) is 0 Å². The summed E-state index contributed by atoms with van der Waals surface area (Å²) in [6.45, 7) is 2.79. The van der Waals surface area contributed by atoms with Crippen molar-refractivity contribution in [1.82, 2.24) is 0 Å². The molecule has 0 aliphatic rings. The summed E-state index contributed by atoms with van der Waals surface area (Å²) in [5, 5.41) is 0.465. The topological polar surface area (TPSA) is 54.4 Å². The Morgan fingerprint density at radius 3 is 1.71 bits per heavy atom. The predicted octanol–water partition coefficient (Wildman–Crippen LogP) is -0.899. The van der Waals surface area contributed by atoms with Gasteiger partial charge in [-0.15, -0.1) is 0 Å². The Labute approximate surface area is 72.2 Å². The van der Waals surface area contributed by atoms with Crippen molar-refractivity contribution in [3.05, 3.63) is 12.0 Å². The summed E-state index contributed by atoms with van der Waals surface area (Å²) in [6.07, 6.45) is 0. The first-order chi connectivity index (χ1) is 2.56. The molecule has 40 valence electrons. The summed E-state index contributed by atoms with van der Waals surface area (Å²) in [5.41, 5.74) is 0. The molecule has 0 aromatic rings. The van der Waals surface area contributed by atoms with E-state index in [1.165, 1.54) is 0 Å². The van der Waals surface area contributed by atoms with Crippen LogP contribution in [-0.4, -0.2) is 50.7 Å². The zero-order chi connectivity index (χ0) is 5.21. The molecule has 0 unspecified atom stereocenters. The molecule has 0 bridgehead atoms. The van der Waals surface area contributed by atoms with E-state index in [9.17, 15) is 8.42 Å². The van der Waals surface area contributed by atoms with Gasteiger partial charge < -0.3 is 0 Å². The van der Waals surface area contributed by atoms with E-state index in [-0.39, 0.29) is 37.7 Å². The summed E-state index contributed by atoms with van der Waals surface area (Å²) in [4.78, 5) is 0. The van der Waals surface area contributed by atoms with Gasteiger partial charge in [0.25, 0.3) is 10.1 Å². The fourth-order valence-electron chi connectivity index (χ4n) is 0. The molecule has 0 saturated heterocycles. The third-order valence-electron chi connectivity index (χ3n) is 0.211. The monoisotopic (exact) mass is 150 g/mol. The molecule has 0 spiro atoms. The van der Waals surface area contributed by atoms with Gasteiger partial charge in [0.05, 0.1) is 5.41 Å². The van der Waals surface area contributed by atoms with Gasteiger partial charge in [0.2, 0.25) is 0 Å². The van der Waals surface area contributed by atoms with Gasteiger partial charge in [0.1, 0.15) is 0 Å². The molecule has 0 fully saturated rings. The van der Waals surface area contributed by atoms with Crippen LogP contribution < -0.4 is 0 Å². The van der Waals surface area contributed by atoms with Crippen LogP contribution in [0.5, 0.6) is 0 Å². The molecular formula is C2H6CaO3S. The van der Waals surface area contributed by atoms with Crippen LogP contribution in [0.4, 0.5) is 0 Å². The third-order valence-corrected chi connectivity index (χ3v) is 0.632. The summed E-state index contributed by atoms with van der Waals surface area (Å²) in [7, 11) is -3.90. The molecule has 0 aliphatic carbocycles. The maximum atomic E-state index is 9.44. The summed E-state index contributed by atoms with van der Waals surface area (Å²) in [6, 6.07) is 0. The molecule has 0 radical (unpaired) electrons. The van der Waals surface area contributed by atoms with Crippen molar-refractivity contribution in [2.45, 2.75) is 0 Å². The van der Waals surface area contributed by atoms with E-state index in [0.29, 0.717) is 5.41 Å². The average molecular weight is 150 g/mol. The molecule has 5 heteroatoms. The van der Waals surface area contributed by atoms with Crippen molar-refractivity contribution in [2.24, 2.45) is 0 Å². The van der Waals surface area contributed by atoms with E-state index in [4.69, 9.17) is 4.55 Å². The molecule has 0 heterocycles. The Morgan fingerprint density at radius 2 is 1.71 bits per heavy atom. The Morgan fingerprint density at radius 1 is 1.57 bits per heavy atom. The fraction of sp³-hybridized carbons (Fsp3) is 0. The molecule has 0 aliphatic heterocycles. The molecule has 0 saturated carbocycles. The van der Waals surface area contributed by atoms with Gasteiger partial charge in [0.15, 0.2) is 0 Å². The minimum absolute atomic E-state index is 0. The molecule has 0 rings (SSSR count). The molecule has 0 atom stereocenters. The molecule has 1 N–H and O–H groups in total. The Bertz CT molecular complexity index is 123. The van der Waals surface area contributed by atoms with Crippen molar-refractivity contribution in [3.8, 4) is 0 Å². The first kappa shape index (κ1) is 10.8. The molecule has 0 aromatic heterocycles. The quantitative estimate of drug-likeness (QED) is 0.389. The van der Waals surface area contributed by atoms with Crippen molar-refractivity contribution in [1.29, 1.82) is 0 Å². The fourth-order valence-corrected chi connectivity index (χ4v) is 0. The number of hydrogen-bond acceptors (Lipinski definition) is 2. The van der Waals surface area contributed by atoms with E-state index >= 15 is 0 Å². The van der Waals surface area contributed by atoms with Crippen LogP contribution in [0, 0.1) is 0 Å². The van der Waals surface area contributed by atoms with E-state index in [0.717, 1.165) is 0 Å². The first-order valence-electron chi connectivity index (χ1n) is 1.16. The van der Waals surface area contributed by atoms with Crippen LogP contribution in [0.1, 0.15) is 0 Å². The van der Waals surface area contributed by atoms with Crippen LogP contribution >= 0.6 is 0 Å². The van der Waals surface area contributed by atoms with Gasteiger partial charge in [-0.2, -0.15) is 8.42 Å². The maximum absolute atomic E-state index is 9.44. The average Bonchev–Trinajstić information content (AvgIpc) is 1.35. The minimum atomic E-state index is -3.90. The van der Waals surface area contributed by atoms with Gasteiger partial charge in [0, 0.05) is 0 Å². The zero-order valence-corrected chi connectivity index (χ0v) is 3.77. The zero-order valence-electron chi connectivity index (χ0n) is 2.96. The van der Waals surface area contributed by atoms with Crippen LogP contribution in [0.2, 0.25) is 0 Å². The summed E-state index contributed by atoms with van der Waals surface area (Å²) in [5.74, 6) is 0. The second-order valence-electron chi connectivity index (χ2n) is 0.682. The third kappa shape index (κ3) is 10.9. The Hall–Kier alpha value is 0.910. The van der Waals surface area contributed by atoms with Crippen LogP contribution in [0.25, 0.3) is 0 Å². The van der Waals surface area contributed by atoms with Gasteiger partial charge in [-0.25, -0.2) is 0 Å². The van der Waals surface area contributed by atoms with Gasteiger partial charge in [-0.1, -0.05) is 6.58 Å². The van der Waals surface area contributed by atoms with Gasteiger partial charge in [-0.3, -0.25) is 4.55 Å². The molecular weight excluding hydrogens is 144 g/mol. The number of rotatable bonds is 1. The molecule has 7 heavy (non-hydrogen) atoms. The second-order valence-corrected chi connectivity index (χ2v) is 2.04. The number of hydrogen-bond donors (Lipinski definition) is 1. The first-order valence-corrected chi connectivity index (χ1v) is 2.66. The molecule has 0 aromatic carbocycles. The normalized spacial score (nSPS) is 9.29. The van der Waals surface area contributed by atoms with E-state index in [2.05, 4.69) is 6.58 Å². The van der Waals surface area contributed by atoms with Crippen LogP contribution in [-0.2, 0) is 10.1 Å². The van der Waals surface area contributed by atoms with Crippen molar-refractivity contribution >= 4 is 47.9 Å². The van der Waals surface area contributed by atoms with Crippen LogP contribution in [0.3, 0.4) is 0 Å².